The van der Waals surface area contributed by atoms with Gasteiger partial charge in [0.1, 0.15) is 12.1 Å². The molecule has 1 unspecified atom stereocenters. The van der Waals surface area contributed by atoms with E-state index in [2.05, 4.69) is 0 Å². The summed E-state index contributed by atoms with van der Waals surface area (Å²) in [6, 6.07) is 9.52. The molecule has 0 bridgehead atoms. The predicted octanol–water partition coefficient (Wildman–Crippen LogP) is 1.98. The minimum atomic E-state index is -0.597. The lowest BCUT2D eigenvalue weighted by molar-refractivity contribution is -0.170. The van der Waals surface area contributed by atoms with E-state index in [4.69, 9.17) is 14.2 Å². The molecular weight excluding hydrogens is 298 g/mol. The van der Waals surface area contributed by atoms with E-state index in [1.165, 1.54) is 0 Å². The average Bonchev–Trinajstić information content (AvgIpc) is 2.94. The van der Waals surface area contributed by atoms with Gasteiger partial charge in [-0.2, -0.15) is 0 Å². The Labute approximate surface area is 135 Å². The Balaban J connectivity index is 1.65. The minimum absolute atomic E-state index is 0.219. The van der Waals surface area contributed by atoms with Crippen molar-refractivity contribution in [2.75, 3.05) is 26.4 Å². The predicted molar refractivity (Wildman–Crippen MR) is 81.6 cm³/mol. The number of rotatable bonds is 4. The Morgan fingerprint density at radius 3 is 2.61 bits per heavy atom. The van der Waals surface area contributed by atoms with Gasteiger partial charge in [-0.1, -0.05) is 30.3 Å². The highest BCUT2D eigenvalue weighted by Gasteiger charge is 2.59. The first kappa shape index (κ1) is 15.8. The van der Waals surface area contributed by atoms with Gasteiger partial charge in [-0.25, -0.2) is 4.79 Å². The summed E-state index contributed by atoms with van der Waals surface area (Å²) in [6.07, 6.45) is 0.187. The van der Waals surface area contributed by atoms with Crippen LogP contribution in [-0.4, -0.2) is 48.9 Å². The van der Waals surface area contributed by atoms with Crippen molar-refractivity contribution in [3.05, 3.63) is 35.9 Å². The summed E-state index contributed by atoms with van der Waals surface area (Å²) >= 11 is 0. The molecule has 2 heterocycles. The van der Waals surface area contributed by atoms with Crippen LogP contribution in [0, 0.1) is 5.92 Å². The molecule has 0 aromatic heterocycles. The van der Waals surface area contributed by atoms with Gasteiger partial charge in [0.15, 0.2) is 0 Å². The molecule has 1 spiro atoms. The van der Waals surface area contributed by atoms with Crippen LogP contribution in [0.5, 0.6) is 0 Å². The largest absolute Gasteiger partial charge is 0.466 e. The second kappa shape index (κ2) is 6.58. The molecule has 1 atom stereocenters. The van der Waals surface area contributed by atoms with Crippen molar-refractivity contribution in [2.24, 2.45) is 5.92 Å². The zero-order valence-corrected chi connectivity index (χ0v) is 13.2. The third-order valence-corrected chi connectivity index (χ3v) is 4.53. The number of hydrogen-bond acceptors (Lipinski definition) is 5. The van der Waals surface area contributed by atoms with Crippen LogP contribution >= 0.6 is 0 Å². The first-order valence-corrected chi connectivity index (χ1v) is 7.90. The fraction of sp³-hybridized carbons (Fsp3) is 0.529. The normalized spacial score (nSPS) is 21.8. The van der Waals surface area contributed by atoms with Crippen LogP contribution in [0.2, 0.25) is 0 Å². The first-order valence-electron chi connectivity index (χ1n) is 7.90. The van der Waals surface area contributed by atoms with Gasteiger partial charge in [-0.3, -0.25) is 9.69 Å². The fourth-order valence-corrected chi connectivity index (χ4v) is 3.26. The number of carbonyl (C=O) groups is 2. The molecule has 124 valence electrons. The number of carbonyl (C=O) groups excluding carboxylic acids is 2. The van der Waals surface area contributed by atoms with Crippen LogP contribution in [-0.2, 0) is 25.6 Å². The van der Waals surface area contributed by atoms with E-state index in [-0.39, 0.29) is 18.5 Å². The van der Waals surface area contributed by atoms with Crippen molar-refractivity contribution in [3.8, 4) is 0 Å². The molecule has 23 heavy (non-hydrogen) atoms. The summed E-state index contributed by atoms with van der Waals surface area (Å²) in [5, 5.41) is 0. The minimum Gasteiger partial charge on any atom is -0.466 e. The van der Waals surface area contributed by atoms with E-state index < -0.39 is 11.6 Å². The van der Waals surface area contributed by atoms with Crippen LogP contribution in [0.3, 0.4) is 0 Å². The van der Waals surface area contributed by atoms with Crippen LogP contribution in [0.4, 0.5) is 4.79 Å². The summed E-state index contributed by atoms with van der Waals surface area (Å²) < 4.78 is 15.9. The highest BCUT2D eigenvalue weighted by molar-refractivity contribution is 5.78. The van der Waals surface area contributed by atoms with Crippen molar-refractivity contribution in [2.45, 2.75) is 25.5 Å². The average molecular weight is 319 g/mol. The number of ether oxygens (including phenoxy) is 3. The molecule has 6 heteroatoms. The van der Waals surface area contributed by atoms with Gasteiger partial charge < -0.3 is 14.2 Å². The van der Waals surface area contributed by atoms with Crippen LogP contribution in [0.1, 0.15) is 18.9 Å². The van der Waals surface area contributed by atoms with Crippen LogP contribution in [0.25, 0.3) is 0 Å². The van der Waals surface area contributed by atoms with E-state index >= 15 is 0 Å². The quantitative estimate of drug-likeness (QED) is 0.794. The monoisotopic (exact) mass is 319 g/mol. The molecular formula is C17H21NO5. The van der Waals surface area contributed by atoms with E-state index in [1.54, 1.807) is 11.8 Å². The molecule has 2 fully saturated rings. The maximum atomic E-state index is 12.4. The Kier molecular flexibility index (Phi) is 4.52. The van der Waals surface area contributed by atoms with Gasteiger partial charge in [0.25, 0.3) is 0 Å². The third-order valence-electron chi connectivity index (χ3n) is 4.53. The summed E-state index contributed by atoms with van der Waals surface area (Å²) in [6.45, 7) is 3.54. The van der Waals surface area contributed by atoms with E-state index in [1.807, 2.05) is 30.3 Å². The summed E-state index contributed by atoms with van der Waals surface area (Å²) in [4.78, 5) is 26.2. The molecule has 0 radical (unpaired) electrons. The SMILES string of the molecule is CCOC(=O)C1CCN(C(=O)OCc2ccccc2)C12COC2. The second-order valence-corrected chi connectivity index (χ2v) is 5.88. The number of benzene rings is 1. The highest BCUT2D eigenvalue weighted by atomic mass is 16.6. The zero-order chi connectivity index (χ0) is 16.3. The Hall–Kier alpha value is -2.08. The number of likely N-dealkylation sites (tertiary alicyclic amines) is 1. The molecule has 6 nitrogen and oxygen atoms in total. The lowest BCUT2D eigenvalue weighted by Crippen LogP contribution is -2.65. The Morgan fingerprint density at radius 2 is 2.00 bits per heavy atom. The fourth-order valence-electron chi connectivity index (χ4n) is 3.26. The summed E-state index contributed by atoms with van der Waals surface area (Å²) in [7, 11) is 0. The van der Waals surface area contributed by atoms with Crippen LogP contribution < -0.4 is 0 Å². The van der Waals surface area contributed by atoms with Crippen molar-refractivity contribution in [3.63, 3.8) is 0 Å². The van der Waals surface area contributed by atoms with Gasteiger partial charge in [-0.15, -0.1) is 0 Å². The molecule has 3 rings (SSSR count). The molecule has 0 N–H and O–H groups in total. The van der Waals surface area contributed by atoms with E-state index in [0.29, 0.717) is 32.8 Å². The topological polar surface area (TPSA) is 65.1 Å². The molecule has 2 saturated heterocycles. The zero-order valence-electron chi connectivity index (χ0n) is 13.2. The molecule has 1 aromatic rings. The van der Waals surface area contributed by atoms with E-state index in [0.717, 1.165) is 5.56 Å². The Morgan fingerprint density at radius 1 is 1.26 bits per heavy atom. The first-order chi connectivity index (χ1) is 11.2. The van der Waals surface area contributed by atoms with Crippen molar-refractivity contribution >= 4 is 12.1 Å². The Bertz CT molecular complexity index is 570. The van der Waals surface area contributed by atoms with Gasteiger partial charge in [0.05, 0.1) is 25.7 Å². The van der Waals surface area contributed by atoms with Crippen LogP contribution in [0.15, 0.2) is 30.3 Å². The third kappa shape index (κ3) is 2.91. The standard InChI is InChI=1S/C17H21NO5/c1-2-22-15(19)14-8-9-18(17(14)11-21-12-17)16(20)23-10-13-6-4-3-5-7-13/h3-7,14H,2,8-12H2,1H3. The number of amides is 1. The molecule has 1 aromatic carbocycles. The molecule has 0 aliphatic carbocycles. The number of hydrogen-bond donors (Lipinski definition) is 0. The smallest absolute Gasteiger partial charge is 0.410 e. The lowest BCUT2D eigenvalue weighted by atomic mass is 9.83. The van der Waals surface area contributed by atoms with E-state index in [9.17, 15) is 9.59 Å². The maximum absolute atomic E-state index is 12.4. The molecule has 2 aliphatic rings. The number of esters is 1. The summed E-state index contributed by atoms with van der Waals surface area (Å²) in [5.74, 6) is -0.588. The van der Waals surface area contributed by atoms with Gasteiger partial charge >= 0.3 is 12.1 Å². The highest BCUT2D eigenvalue weighted by Crippen LogP contribution is 2.42. The summed E-state index contributed by atoms with van der Waals surface area (Å²) in [5.41, 5.74) is 0.334. The van der Waals surface area contributed by atoms with Gasteiger partial charge in [0.2, 0.25) is 0 Å². The number of nitrogens with zero attached hydrogens (tertiary/aromatic N) is 1. The lowest BCUT2D eigenvalue weighted by Gasteiger charge is -2.46. The van der Waals surface area contributed by atoms with Crippen molar-refractivity contribution in [1.82, 2.24) is 4.90 Å². The second-order valence-electron chi connectivity index (χ2n) is 5.88. The molecule has 1 amide bonds. The molecule has 0 saturated carbocycles. The van der Waals surface area contributed by atoms with Gasteiger partial charge in [-0.05, 0) is 18.9 Å². The van der Waals surface area contributed by atoms with Gasteiger partial charge in [0, 0.05) is 6.54 Å². The van der Waals surface area contributed by atoms with Crippen molar-refractivity contribution in [1.29, 1.82) is 0 Å². The maximum Gasteiger partial charge on any atom is 0.410 e. The molecule has 2 aliphatic heterocycles. The van der Waals surface area contributed by atoms with Crippen molar-refractivity contribution < 1.29 is 23.8 Å².